The molecule has 0 aromatic heterocycles. The molecule has 0 radical (unpaired) electrons. The second-order valence-electron chi connectivity index (χ2n) is 4.20. The maximum absolute atomic E-state index is 11.1. The van der Waals surface area contributed by atoms with Gasteiger partial charge < -0.3 is 4.74 Å². The van der Waals surface area contributed by atoms with E-state index < -0.39 is 29.5 Å². The number of ether oxygens (including phenoxy) is 1. The van der Waals surface area contributed by atoms with Gasteiger partial charge in [0, 0.05) is 0 Å². The average Bonchev–Trinajstić information content (AvgIpc) is 2.80. The van der Waals surface area contributed by atoms with Crippen LogP contribution in [0.5, 0.6) is 0 Å². The molecule has 2 fully saturated rings. The Hall–Kier alpha value is -0.170. The fraction of sp³-hybridized carbons (Fsp3) is 0.889. The second kappa shape index (κ2) is 5.00. The third kappa shape index (κ3) is 2.40. The van der Waals surface area contributed by atoms with Crippen molar-refractivity contribution in [2.75, 3.05) is 5.88 Å². The SMILES string of the molecule is O=C(CCl)OC1C2CCC(C2)C1OS(=O)O. The van der Waals surface area contributed by atoms with Crippen LogP contribution in [0.15, 0.2) is 0 Å². The van der Waals surface area contributed by atoms with Gasteiger partial charge in [0.2, 0.25) is 0 Å². The third-order valence-corrected chi connectivity index (χ3v) is 3.94. The summed E-state index contributed by atoms with van der Waals surface area (Å²) in [7, 11) is 0. The molecule has 5 unspecified atom stereocenters. The van der Waals surface area contributed by atoms with Crippen LogP contribution in [0.2, 0.25) is 0 Å². The van der Waals surface area contributed by atoms with E-state index in [1.807, 2.05) is 0 Å². The van der Waals surface area contributed by atoms with Gasteiger partial charge in [0.25, 0.3) is 0 Å². The number of alkyl halides is 1. The van der Waals surface area contributed by atoms with Gasteiger partial charge in [-0.05, 0) is 31.1 Å². The quantitative estimate of drug-likeness (QED) is 0.469. The molecular weight excluding hydrogens is 256 g/mol. The summed E-state index contributed by atoms with van der Waals surface area (Å²) in [5, 5.41) is 0. The van der Waals surface area contributed by atoms with E-state index in [0.29, 0.717) is 0 Å². The molecule has 0 aliphatic heterocycles. The lowest BCUT2D eigenvalue weighted by molar-refractivity contribution is -0.154. The number of halogens is 1. The van der Waals surface area contributed by atoms with E-state index in [2.05, 4.69) is 0 Å². The zero-order chi connectivity index (χ0) is 11.7. The van der Waals surface area contributed by atoms with Crippen LogP contribution in [0, 0.1) is 11.8 Å². The highest BCUT2D eigenvalue weighted by molar-refractivity contribution is 7.74. The standard InChI is InChI=1S/C9H13ClO5S/c10-4-7(11)14-8-5-1-2-6(3-5)9(8)15-16(12)13/h5-6,8-9H,1-4H2,(H,12,13). The van der Waals surface area contributed by atoms with E-state index in [1.54, 1.807) is 0 Å². The van der Waals surface area contributed by atoms with Gasteiger partial charge >= 0.3 is 17.3 Å². The van der Waals surface area contributed by atoms with Gasteiger partial charge in [0.15, 0.2) is 0 Å². The molecule has 2 aliphatic carbocycles. The zero-order valence-electron chi connectivity index (χ0n) is 8.50. The number of carbonyl (C=O) groups is 1. The largest absolute Gasteiger partial charge is 0.458 e. The van der Waals surface area contributed by atoms with E-state index in [0.717, 1.165) is 19.3 Å². The summed E-state index contributed by atoms with van der Waals surface area (Å²) >= 11 is 3.04. The van der Waals surface area contributed by atoms with E-state index in [9.17, 15) is 9.00 Å². The highest BCUT2D eigenvalue weighted by atomic mass is 35.5. The van der Waals surface area contributed by atoms with Crippen LogP contribution >= 0.6 is 11.6 Å². The van der Waals surface area contributed by atoms with Gasteiger partial charge in [-0.25, -0.2) is 0 Å². The van der Waals surface area contributed by atoms with E-state index in [-0.39, 0.29) is 17.7 Å². The summed E-state index contributed by atoms with van der Waals surface area (Å²) in [6, 6.07) is 0. The monoisotopic (exact) mass is 268 g/mol. The molecule has 2 aliphatic rings. The Morgan fingerprint density at radius 1 is 1.38 bits per heavy atom. The molecule has 5 nitrogen and oxygen atoms in total. The van der Waals surface area contributed by atoms with Crippen molar-refractivity contribution >= 4 is 28.9 Å². The Balaban J connectivity index is 2.02. The third-order valence-electron chi connectivity index (χ3n) is 3.34. The molecule has 0 heterocycles. The molecule has 92 valence electrons. The van der Waals surface area contributed by atoms with Crippen LogP contribution in [-0.4, -0.2) is 32.8 Å². The topological polar surface area (TPSA) is 72.8 Å². The fourth-order valence-electron chi connectivity index (χ4n) is 2.76. The van der Waals surface area contributed by atoms with E-state index in [4.69, 9.17) is 25.1 Å². The van der Waals surface area contributed by atoms with Crippen molar-refractivity contribution in [1.29, 1.82) is 0 Å². The molecule has 0 spiro atoms. The van der Waals surface area contributed by atoms with Crippen molar-refractivity contribution < 1.29 is 22.5 Å². The molecule has 5 atom stereocenters. The fourth-order valence-corrected chi connectivity index (χ4v) is 3.28. The van der Waals surface area contributed by atoms with Crippen molar-refractivity contribution in [2.24, 2.45) is 11.8 Å². The summed E-state index contributed by atoms with van der Waals surface area (Å²) < 4.78 is 29.5. The van der Waals surface area contributed by atoms with Crippen LogP contribution in [0.1, 0.15) is 19.3 Å². The summed E-state index contributed by atoms with van der Waals surface area (Å²) in [5.41, 5.74) is 0. The minimum atomic E-state index is -2.32. The number of hydrogen-bond donors (Lipinski definition) is 1. The molecule has 0 aromatic rings. The summed E-state index contributed by atoms with van der Waals surface area (Å²) in [6.45, 7) is 0. The predicted molar refractivity (Wildman–Crippen MR) is 57.1 cm³/mol. The van der Waals surface area contributed by atoms with Gasteiger partial charge in [-0.1, -0.05) is 0 Å². The highest BCUT2D eigenvalue weighted by Crippen LogP contribution is 2.47. The van der Waals surface area contributed by atoms with Gasteiger partial charge in [-0.3, -0.25) is 13.5 Å². The van der Waals surface area contributed by atoms with Gasteiger partial charge in [0.05, 0.1) is 0 Å². The molecule has 0 amide bonds. The predicted octanol–water partition coefficient (Wildman–Crippen LogP) is 1.09. The van der Waals surface area contributed by atoms with Crippen LogP contribution in [0.3, 0.4) is 0 Å². The van der Waals surface area contributed by atoms with Crippen molar-refractivity contribution in [2.45, 2.75) is 31.5 Å². The van der Waals surface area contributed by atoms with Crippen LogP contribution < -0.4 is 0 Å². The molecule has 7 heteroatoms. The summed E-state index contributed by atoms with van der Waals surface area (Å²) in [4.78, 5) is 11.1. The second-order valence-corrected chi connectivity index (χ2v) is 5.09. The number of carbonyl (C=O) groups excluding carboxylic acids is 1. The number of esters is 1. The Morgan fingerprint density at radius 3 is 2.56 bits per heavy atom. The Bertz CT molecular complexity index is 310. The first kappa shape index (κ1) is 12.3. The van der Waals surface area contributed by atoms with Crippen LogP contribution in [-0.2, 0) is 25.1 Å². The molecule has 1 N–H and O–H groups in total. The number of hydrogen-bond acceptors (Lipinski definition) is 4. The first-order chi connectivity index (χ1) is 7.61. The maximum Gasteiger partial charge on any atom is 0.321 e. The molecule has 2 rings (SSSR count). The van der Waals surface area contributed by atoms with Crippen molar-refractivity contribution in [3.8, 4) is 0 Å². The minimum absolute atomic E-state index is 0.206. The molecule has 2 bridgehead atoms. The zero-order valence-corrected chi connectivity index (χ0v) is 10.1. The van der Waals surface area contributed by atoms with Gasteiger partial charge in [0.1, 0.15) is 18.1 Å². The average molecular weight is 269 g/mol. The first-order valence-electron chi connectivity index (χ1n) is 5.15. The number of fused-ring (bicyclic) bond motifs is 2. The normalized spacial score (nSPS) is 38.6. The Morgan fingerprint density at radius 2 is 2.00 bits per heavy atom. The molecule has 0 aromatic carbocycles. The summed E-state index contributed by atoms with van der Waals surface area (Å²) in [5.74, 6) is -0.250. The van der Waals surface area contributed by atoms with E-state index >= 15 is 0 Å². The maximum atomic E-state index is 11.1. The molecular formula is C9H13ClO5S. The van der Waals surface area contributed by atoms with Crippen molar-refractivity contribution in [1.82, 2.24) is 0 Å². The molecule has 2 saturated carbocycles. The van der Waals surface area contributed by atoms with Crippen molar-refractivity contribution in [3.05, 3.63) is 0 Å². The number of rotatable bonds is 4. The Kier molecular flexibility index (Phi) is 3.84. The lowest BCUT2D eigenvalue weighted by Gasteiger charge is -2.28. The van der Waals surface area contributed by atoms with E-state index in [1.165, 1.54) is 0 Å². The highest BCUT2D eigenvalue weighted by Gasteiger charge is 2.51. The van der Waals surface area contributed by atoms with Crippen LogP contribution in [0.25, 0.3) is 0 Å². The van der Waals surface area contributed by atoms with Crippen molar-refractivity contribution in [3.63, 3.8) is 0 Å². The van der Waals surface area contributed by atoms with Crippen LogP contribution in [0.4, 0.5) is 0 Å². The van der Waals surface area contributed by atoms with Gasteiger partial charge in [-0.15, -0.1) is 11.6 Å². The molecule has 16 heavy (non-hydrogen) atoms. The summed E-state index contributed by atoms with van der Waals surface area (Å²) in [6.07, 6.45) is 1.95. The molecule has 0 saturated heterocycles. The minimum Gasteiger partial charge on any atom is -0.458 e. The lowest BCUT2D eigenvalue weighted by atomic mass is 9.95. The smallest absolute Gasteiger partial charge is 0.321 e. The lowest BCUT2D eigenvalue weighted by Crippen LogP contribution is -2.39. The van der Waals surface area contributed by atoms with Gasteiger partial charge in [-0.2, -0.15) is 4.21 Å². The Labute approximate surface area is 101 Å². The first-order valence-corrected chi connectivity index (χ1v) is 6.72.